The Balaban J connectivity index is 1.78. The highest BCUT2D eigenvalue weighted by Crippen LogP contribution is 2.71. The van der Waals surface area contributed by atoms with E-state index in [-0.39, 0.29) is 40.7 Å². The second kappa shape index (κ2) is 3.90. The van der Waals surface area contributed by atoms with Crippen molar-refractivity contribution in [3.63, 3.8) is 0 Å². The lowest BCUT2D eigenvalue weighted by atomic mass is 9.53. The molecule has 0 radical (unpaired) electrons. The molecule has 2 unspecified atom stereocenters. The molecule has 4 aliphatic rings. The van der Waals surface area contributed by atoms with Gasteiger partial charge in [-0.2, -0.15) is 0 Å². The van der Waals surface area contributed by atoms with Crippen molar-refractivity contribution in [1.82, 2.24) is 0 Å². The maximum absolute atomic E-state index is 11.4. The van der Waals surface area contributed by atoms with E-state index in [0.717, 1.165) is 25.9 Å². The number of ether oxygens (including phenoxy) is 3. The SMILES string of the molecule is CC(=O)O[C@@H]1CC2(C)C3(CO3)[C@@H]1O[C@@H]1C=C(C)CC[C@@]12C. The van der Waals surface area contributed by atoms with Crippen molar-refractivity contribution in [1.29, 1.82) is 0 Å². The lowest BCUT2D eigenvalue weighted by molar-refractivity contribution is -0.201. The van der Waals surface area contributed by atoms with Crippen LogP contribution in [0.3, 0.4) is 0 Å². The molecule has 4 nitrogen and oxygen atoms in total. The second-order valence-corrected chi connectivity index (χ2v) is 7.77. The lowest BCUT2D eigenvalue weighted by Gasteiger charge is -2.56. The zero-order chi connectivity index (χ0) is 15.0. The Labute approximate surface area is 125 Å². The van der Waals surface area contributed by atoms with Gasteiger partial charge in [0.1, 0.15) is 17.8 Å². The van der Waals surface area contributed by atoms with Crippen LogP contribution in [0.15, 0.2) is 11.6 Å². The minimum absolute atomic E-state index is 0.00486. The molecule has 2 aliphatic heterocycles. The number of epoxide rings is 1. The number of allylic oxidation sites excluding steroid dienone is 1. The van der Waals surface area contributed by atoms with Crippen molar-refractivity contribution < 1.29 is 19.0 Å². The van der Waals surface area contributed by atoms with Crippen LogP contribution in [0.4, 0.5) is 0 Å². The molecule has 4 heteroatoms. The van der Waals surface area contributed by atoms with Gasteiger partial charge in [-0.15, -0.1) is 0 Å². The molecule has 116 valence electrons. The molecule has 1 spiro atoms. The topological polar surface area (TPSA) is 48.1 Å². The Bertz CT molecular complexity index is 535. The van der Waals surface area contributed by atoms with Crippen molar-refractivity contribution in [3.05, 3.63) is 11.6 Å². The average molecular weight is 292 g/mol. The van der Waals surface area contributed by atoms with E-state index in [0.29, 0.717) is 0 Å². The fourth-order valence-corrected chi connectivity index (χ4v) is 5.15. The molecule has 0 N–H and O–H groups in total. The van der Waals surface area contributed by atoms with E-state index in [1.165, 1.54) is 12.5 Å². The third-order valence-corrected chi connectivity index (χ3v) is 6.77. The summed E-state index contributed by atoms with van der Waals surface area (Å²) in [5, 5.41) is 0. The molecule has 1 saturated carbocycles. The highest BCUT2D eigenvalue weighted by atomic mass is 16.7. The average Bonchev–Trinajstić information content (AvgIpc) is 3.15. The number of rotatable bonds is 1. The largest absolute Gasteiger partial charge is 0.460 e. The Morgan fingerprint density at radius 2 is 2.14 bits per heavy atom. The predicted molar refractivity (Wildman–Crippen MR) is 76.7 cm³/mol. The Kier molecular flexibility index (Phi) is 2.56. The van der Waals surface area contributed by atoms with Gasteiger partial charge in [0.2, 0.25) is 0 Å². The minimum atomic E-state index is -0.239. The molecule has 2 saturated heterocycles. The molecule has 6 atom stereocenters. The molecule has 3 fully saturated rings. The first-order valence-corrected chi connectivity index (χ1v) is 7.96. The van der Waals surface area contributed by atoms with Gasteiger partial charge in [-0.25, -0.2) is 0 Å². The number of hydrogen-bond donors (Lipinski definition) is 0. The Morgan fingerprint density at radius 3 is 2.76 bits per heavy atom. The van der Waals surface area contributed by atoms with Gasteiger partial charge in [0.05, 0.1) is 12.7 Å². The first-order valence-electron chi connectivity index (χ1n) is 7.96. The van der Waals surface area contributed by atoms with E-state index in [2.05, 4.69) is 26.8 Å². The standard InChI is InChI=1S/C17H24O4/c1-10-5-6-15(3)13(7-10)21-14-12(20-11(2)18)8-16(15,4)17(14)9-19-17/h7,12-14H,5-6,8-9H2,1-4H3/t12-,13-,14-,15+,16?,17?/m1/s1. The molecular weight excluding hydrogens is 268 g/mol. The monoisotopic (exact) mass is 292 g/mol. The second-order valence-electron chi connectivity index (χ2n) is 7.77. The Hall–Kier alpha value is -0.870. The molecule has 0 aromatic rings. The smallest absolute Gasteiger partial charge is 0.302 e. The molecule has 4 rings (SSSR count). The summed E-state index contributed by atoms with van der Waals surface area (Å²) in [5.41, 5.74) is 1.22. The van der Waals surface area contributed by atoms with E-state index in [4.69, 9.17) is 14.2 Å². The maximum atomic E-state index is 11.4. The van der Waals surface area contributed by atoms with Crippen molar-refractivity contribution in [2.45, 2.75) is 70.9 Å². The number of fused-ring (bicyclic) bond motifs is 2. The van der Waals surface area contributed by atoms with Crippen LogP contribution < -0.4 is 0 Å². The van der Waals surface area contributed by atoms with Crippen molar-refractivity contribution in [2.75, 3.05) is 6.61 Å². The van der Waals surface area contributed by atoms with Gasteiger partial charge in [-0.05, 0) is 26.2 Å². The third kappa shape index (κ3) is 1.50. The van der Waals surface area contributed by atoms with Crippen LogP contribution in [-0.2, 0) is 19.0 Å². The normalized spacial score (nSPS) is 54.1. The zero-order valence-electron chi connectivity index (χ0n) is 13.3. The summed E-state index contributed by atoms with van der Waals surface area (Å²) in [6, 6.07) is 0. The van der Waals surface area contributed by atoms with Crippen LogP contribution in [0.2, 0.25) is 0 Å². The molecule has 0 aromatic heterocycles. The van der Waals surface area contributed by atoms with Gasteiger partial charge in [-0.1, -0.05) is 25.5 Å². The van der Waals surface area contributed by atoms with Crippen LogP contribution in [0, 0.1) is 10.8 Å². The summed E-state index contributed by atoms with van der Waals surface area (Å²) in [6.07, 6.45) is 5.16. The summed E-state index contributed by atoms with van der Waals surface area (Å²) in [5.74, 6) is -0.226. The fourth-order valence-electron chi connectivity index (χ4n) is 5.15. The summed E-state index contributed by atoms with van der Waals surface area (Å²) < 4.78 is 18.0. The van der Waals surface area contributed by atoms with Gasteiger partial charge in [0.25, 0.3) is 0 Å². The number of esters is 1. The molecule has 0 aromatic carbocycles. The highest BCUT2D eigenvalue weighted by molar-refractivity contribution is 5.66. The van der Waals surface area contributed by atoms with E-state index >= 15 is 0 Å². The van der Waals surface area contributed by atoms with Crippen LogP contribution in [-0.4, -0.2) is 36.5 Å². The fraction of sp³-hybridized carbons (Fsp3) is 0.824. The van der Waals surface area contributed by atoms with E-state index in [9.17, 15) is 4.79 Å². The van der Waals surface area contributed by atoms with Crippen LogP contribution in [0.25, 0.3) is 0 Å². The lowest BCUT2D eigenvalue weighted by Crippen LogP contribution is -2.61. The van der Waals surface area contributed by atoms with Crippen molar-refractivity contribution >= 4 is 5.97 Å². The summed E-state index contributed by atoms with van der Waals surface area (Å²) >= 11 is 0. The Morgan fingerprint density at radius 1 is 1.43 bits per heavy atom. The maximum Gasteiger partial charge on any atom is 0.302 e. The van der Waals surface area contributed by atoms with E-state index in [1.807, 2.05) is 0 Å². The third-order valence-electron chi connectivity index (χ3n) is 6.77. The summed E-state index contributed by atoms with van der Waals surface area (Å²) in [6.45, 7) is 9.03. The number of carbonyl (C=O) groups is 1. The number of carbonyl (C=O) groups excluding carboxylic acids is 1. The molecule has 21 heavy (non-hydrogen) atoms. The molecular formula is C17H24O4. The quantitative estimate of drug-likeness (QED) is 0.423. The summed E-state index contributed by atoms with van der Waals surface area (Å²) in [4.78, 5) is 11.4. The van der Waals surface area contributed by atoms with Crippen molar-refractivity contribution in [2.24, 2.45) is 10.8 Å². The number of hydrogen-bond acceptors (Lipinski definition) is 4. The zero-order valence-corrected chi connectivity index (χ0v) is 13.3. The van der Waals surface area contributed by atoms with Gasteiger partial charge >= 0.3 is 5.97 Å². The van der Waals surface area contributed by atoms with E-state index in [1.54, 1.807) is 0 Å². The van der Waals surface area contributed by atoms with Gasteiger partial charge in [0.15, 0.2) is 0 Å². The molecule has 2 bridgehead atoms. The van der Waals surface area contributed by atoms with Crippen LogP contribution in [0.5, 0.6) is 0 Å². The first-order chi connectivity index (χ1) is 9.82. The predicted octanol–water partition coefficient (Wildman–Crippen LogP) is 2.61. The molecule has 0 amide bonds. The highest BCUT2D eigenvalue weighted by Gasteiger charge is 2.80. The van der Waals surface area contributed by atoms with Gasteiger partial charge in [-0.3, -0.25) is 4.79 Å². The first kappa shape index (κ1) is 13.8. The molecule has 2 heterocycles. The van der Waals surface area contributed by atoms with Gasteiger partial charge < -0.3 is 14.2 Å². The van der Waals surface area contributed by atoms with Crippen LogP contribution >= 0.6 is 0 Å². The van der Waals surface area contributed by atoms with Crippen LogP contribution in [0.1, 0.15) is 47.0 Å². The van der Waals surface area contributed by atoms with Crippen molar-refractivity contribution in [3.8, 4) is 0 Å². The molecule has 2 aliphatic carbocycles. The summed E-state index contributed by atoms with van der Waals surface area (Å²) in [7, 11) is 0. The van der Waals surface area contributed by atoms with E-state index < -0.39 is 0 Å². The van der Waals surface area contributed by atoms with Gasteiger partial charge in [0, 0.05) is 17.8 Å². The minimum Gasteiger partial charge on any atom is -0.460 e.